The Morgan fingerprint density at radius 2 is 1.81 bits per heavy atom. The van der Waals surface area contributed by atoms with Crippen LogP contribution in [0.15, 0.2) is 11.6 Å². The van der Waals surface area contributed by atoms with Crippen LogP contribution in [0, 0.1) is 40.4 Å². The lowest BCUT2D eigenvalue weighted by Gasteiger charge is -2.59. The SMILES string of the molecule is CCCC(C)(O)CCC(C)[C@H]1CCC2C3CC=C4C[C@@](C)(O)CC[C@]4(C)C3CC[C@@]21C. The van der Waals surface area contributed by atoms with Crippen molar-refractivity contribution < 1.29 is 10.2 Å². The molecular weight excluding hydrogens is 380 g/mol. The maximum absolute atomic E-state index is 10.7. The molecule has 5 unspecified atom stereocenters. The Morgan fingerprint density at radius 1 is 1.06 bits per heavy atom. The first-order valence-electron chi connectivity index (χ1n) is 13.6. The van der Waals surface area contributed by atoms with E-state index in [4.69, 9.17) is 0 Å². The van der Waals surface area contributed by atoms with Crippen LogP contribution in [0.1, 0.15) is 119 Å². The maximum Gasteiger partial charge on any atom is 0.0657 e. The van der Waals surface area contributed by atoms with Gasteiger partial charge < -0.3 is 10.2 Å². The molecule has 9 atom stereocenters. The highest BCUT2D eigenvalue weighted by atomic mass is 16.3. The largest absolute Gasteiger partial charge is 0.390 e. The minimum atomic E-state index is -0.492. The number of fused-ring (bicyclic) bond motifs is 5. The fraction of sp³-hybridized carbons (Fsp3) is 0.931. The lowest BCUT2D eigenvalue weighted by molar-refractivity contribution is -0.0715. The summed E-state index contributed by atoms with van der Waals surface area (Å²) in [6.07, 6.45) is 16.5. The summed E-state index contributed by atoms with van der Waals surface area (Å²) in [5.41, 5.74) is 1.41. The van der Waals surface area contributed by atoms with Crippen molar-refractivity contribution in [2.24, 2.45) is 40.4 Å². The van der Waals surface area contributed by atoms with Gasteiger partial charge in [0.25, 0.3) is 0 Å². The Labute approximate surface area is 192 Å². The molecule has 0 aromatic heterocycles. The second-order valence-corrected chi connectivity index (χ2v) is 13.4. The predicted octanol–water partition coefficient (Wildman–Crippen LogP) is 7.28. The Balaban J connectivity index is 1.48. The van der Waals surface area contributed by atoms with Gasteiger partial charge in [-0.05, 0) is 125 Å². The van der Waals surface area contributed by atoms with Gasteiger partial charge in [-0.3, -0.25) is 0 Å². The normalized spacial score (nSPS) is 47.5. The lowest BCUT2D eigenvalue weighted by atomic mass is 9.46. The third-order valence-corrected chi connectivity index (χ3v) is 11.1. The molecule has 0 aliphatic heterocycles. The molecule has 31 heavy (non-hydrogen) atoms. The first-order chi connectivity index (χ1) is 14.4. The quantitative estimate of drug-likeness (QED) is 0.434. The fourth-order valence-electron chi connectivity index (χ4n) is 9.18. The highest BCUT2D eigenvalue weighted by molar-refractivity contribution is 5.26. The van der Waals surface area contributed by atoms with Gasteiger partial charge in [0.15, 0.2) is 0 Å². The third kappa shape index (κ3) is 4.18. The number of hydrogen-bond acceptors (Lipinski definition) is 2. The molecule has 4 aliphatic rings. The van der Waals surface area contributed by atoms with Crippen LogP contribution in [0.2, 0.25) is 0 Å². The molecule has 4 aliphatic carbocycles. The Kier molecular flexibility index (Phi) is 6.26. The van der Waals surface area contributed by atoms with Gasteiger partial charge >= 0.3 is 0 Å². The second-order valence-electron chi connectivity index (χ2n) is 13.4. The van der Waals surface area contributed by atoms with Crippen LogP contribution >= 0.6 is 0 Å². The van der Waals surface area contributed by atoms with Gasteiger partial charge in [0.1, 0.15) is 0 Å². The fourth-order valence-corrected chi connectivity index (χ4v) is 9.18. The number of hydrogen-bond donors (Lipinski definition) is 2. The topological polar surface area (TPSA) is 40.5 Å². The van der Waals surface area contributed by atoms with Crippen molar-refractivity contribution >= 4 is 0 Å². The zero-order chi connectivity index (χ0) is 22.7. The molecule has 2 heteroatoms. The minimum Gasteiger partial charge on any atom is -0.390 e. The van der Waals surface area contributed by atoms with Crippen molar-refractivity contribution in [3.63, 3.8) is 0 Å². The molecule has 0 heterocycles. The first kappa shape index (κ1) is 23.8. The first-order valence-corrected chi connectivity index (χ1v) is 13.6. The van der Waals surface area contributed by atoms with Crippen molar-refractivity contribution in [1.29, 1.82) is 0 Å². The van der Waals surface area contributed by atoms with Crippen LogP contribution in [0.3, 0.4) is 0 Å². The van der Waals surface area contributed by atoms with E-state index in [-0.39, 0.29) is 0 Å². The molecule has 0 aromatic carbocycles. The Bertz CT molecular complexity index is 691. The van der Waals surface area contributed by atoms with Crippen LogP contribution < -0.4 is 0 Å². The summed E-state index contributed by atoms with van der Waals surface area (Å²) in [7, 11) is 0. The van der Waals surface area contributed by atoms with Crippen molar-refractivity contribution in [2.45, 2.75) is 130 Å². The van der Waals surface area contributed by atoms with E-state index >= 15 is 0 Å². The standard InChI is InChI=1S/C29H50O2/c1-7-14-26(3,30)15-12-20(2)23-10-11-24-22-9-8-21-19-27(4,31)17-18-28(21,5)25(22)13-16-29(23,24)6/h8,20,22-25,30-31H,7,9-19H2,1-6H3/t20?,22?,23-,24?,25?,26?,27+,28+,29-/m1/s1. The Morgan fingerprint density at radius 3 is 2.52 bits per heavy atom. The van der Waals surface area contributed by atoms with Gasteiger partial charge in [0.2, 0.25) is 0 Å². The van der Waals surface area contributed by atoms with E-state index in [0.717, 1.165) is 55.8 Å². The highest BCUT2D eigenvalue weighted by Gasteiger charge is 2.59. The molecule has 3 fully saturated rings. The van der Waals surface area contributed by atoms with Crippen LogP contribution in [-0.4, -0.2) is 21.4 Å². The van der Waals surface area contributed by atoms with E-state index in [1.165, 1.54) is 44.9 Å². The average Bonchev–Trinajstić information content (AvgIpc) is 3.04. The maximum atomic E-state index is 10.7. The third-order valence-electron chi connectivity index (χ3n) is 11.1. The molecule has 0 aromatic rings. The van der Waals surface area contributed by atoms with Crippen molar-refractivity contribution in [1.82, 2.24) is 0 Å². The van der Waals surface area contributed by atoms with E-state index < -0.39 is 11.2 Å². The van der Waals surface area contributed by atoms with E-state index in [1.54, 1.807) is 5.57 Å². The van der Waals surface area contributed by atoms with E-state index in [9.17, 15) is 10.2 Å². The summed E-state index contributed by atoms with van der Waals surface area (Å²) in [4.78, 5) is 0. The summed E-state index contributed by atoms with van der Waals surface area (Å²) in [5, 5.41) is 21.4. The van der Waals surface area contributed by atoms with Gasteiger partial charge in [0, 0.05) is 0 Å². The van der Waals surface area contributed by atoms with Gasteiger partial charge in [-0.1, -0.05) is 45.8 Å². The van der Waals surface area contributed by atoms with Gasteiger partial charge in [-0.2, -0.15) is 0 Å². The van der Waals surface area contributed by atoms with Gasteiger partial charge in [-0.15, -0.1) is 0 Å². The van der Waals surface area contributed by atoms with Crippen LogP contribution in [0.4, 0.5) is 0 Å². The number of rotatable bonds is 6. The molecule has 0 amide bonds. The molecule has 2 N–H and O–H groups in total. The van der Waals surface area contributed by atoms with Crippen LogP contribution in [0.5, 0.6) is 0 Å². The molecule has 0 radical (unpaired) electrons. The van der Waals surface area contributed by atoms with Gasteiger partial charge in [-0.25, -0.2) is 0 Å². The van der Waals surface area contributed by atoms with Gasteiger partial charge in [0.05, 0.1) is 11.2 Å². The zero-order valence-corrected chi connectivity index (χ0v) is 21.3. The van der Waals surface area contributed by atoms with E-state index in [2.05, 4.69) is 33.8 Å². The summed E-state index contributed by atoms with van der Waals surface area (Å²) in [6.45, 7) is 13.9. The smallest absolute Gasteiger partial charge is 0.0657 e. The number of allylic oxidation sites excluding steroid dienone is 1. The molecule has 0 spiro atoms. The molecule has 4 rings (SSSR count). The van der Waals surface area contributed by atoms with Crippen molar-refractivity contribution in [3.8, 4) is 0 Å². The highest BCUT2D eigenvalue weighted by Crippen LogP contribution is 2.67. The summed E-state index contributed by atoms with van der Waals surface area (Å²) >= 11 is 0. The second kappa shape index (κ2) is 8.15. The summed E-state index contributed by atoms with van der Waals surface area (Å²) in [5.74, 6) is 4.06. The molecule has 2 nitrogen and oxygen atoms in total. The molecular formula is C29H50O2. The summed E-state index contributed by atoms with van der Waals surface area (Å²) < 4.78 is 0. The molecule has 0 bridgehead atoms. The lowest BCUT2D eigenvalue weighted by Crippen LogP contribution is -2.52. The zero-order valence-electron chi connectivity index (χ0n) is 21.3. The molecule has 0 saturated heterocycles. The van der Waals surface area contributed by atoms with Crippen molar-refractivity contribution in [3.05, 3.63) is 11.6 Å². The van der Waals surface area contributed by atoms with Crippen molar-refractivity contribution in [2.75, 3.05) is 0 Å². The molecule has 178 valence electrons. The molecule has 3 saturated carbocycles. The summed E-state index contributed by atoms with van der Waals surface area (Å²) in [6, 6.07) is 0. The van der Waals surface area contributed by atoms with Crippen LogP contribution in [0.25, 0.3) is 0 Å². The minimum absolute atomic E-state index is 0.328. The van der Waals surface area contributed by atoms with E-state index in [1.807, 2.05) is 13.8 Å². The predicted molar refractivity (Wildman–Crippen MR) is 130 cm³/mol. The average molecular weight is 431 g/mol. The van der Waals surface area contributed by atoms with Crippen LogP contribution in [-0.2, 0) is 0 Å². The van der Waals surface area contributed by atoms with E-state index in [0.29, 0.717) is 16.7 Å². The monoisotopic (exact) mass is 430 g/mol. The number of aliphatic hydroxyl groups is 2. The Hall–Kier alpha value is -0.340.